The number of carbonyl (C=O) groups is 1. The molecule has 0 unspecified atom stereocenters. The van der Waals surface area contributed by atoms with Crippen molar-refractivity contribution >= 4 is 23.4 Å². The first-order valence-electron chi connectivity index (χ1n) is 7.04. The van der Waals surface area contributed by atoms with Gasteiger partial charge in [-0.2, -0.15) is 0 Å². The summed E-state index contributed by atoms with van der Waals surface area (Å²) in [6, 6.07) is 15.3. The zero-order chi connectivity index (χ0) is 16.7. The summed E-state index contributed by atoms with van der Waals surface area (Å²) < 4.78 is 10.6. The molecule has 0 bridgehead atoms. The molecule has 0 saturated heterocycles. The van der Waals surface area contributed by atoms with Gasteiger partial charge in [0.15, 0.2) is 11.5 Å². The number of benzene rings is 2. The molecule has 0 fully saturated rings. The number of nitrogens with zero attached hydrogens (tertiary/aromatic N) is 1. The van der Waals surface area contributed by atoms with E-state index in [0.717, 1.165) is 4.90 Å². The van der Waals surface area contributed by atoms with E-state index in [2.05, 4.69) is 0 Å². The summed E-state index contributed by atoms with van der Waals surface area (Å²) >= 11 is 1.49. The van der Waals surface area contributed by atoms with E-state index in [1.807, 2.05) is 42.5 Å². The average Bonchev–Trinajstić information content (AvgIpc) is 2.61. The molecular weight excluding hydrogens is 310 g/mol. The summed E-state index contributed by atoms with van der Waals surface area (Å²) in [6.45, 7) is 0. The lowest BCUT2D eigenvalue weighted by Crippen LogP contribution is -2.24. The summed E-state index contributed by atoms with van der Waals surface area (Å²) in [6.07, 6.45) is 1.54. The number of rotatable bonds is 6. The van der Waals surface area contributed by atoms with Crippen molar-refractivity contribution in [3.8, 4) is 11.5 Å². The molecule has 0 aliphatic rings. The second kappa shape index (κ2) is 8.29. The molecule has 0 aliphatic heterocycles. The van der Waals surface area contributed by atoms with Gasteiger partial charge in [0.2, 0.25) is 0 Å². The number of amides is 1. The number of para-hydroxylation sites is 1. The molecule has 2 aromatic carbocycles. The number of hydrogen-bond acceptors (Lipinski definition) is 4. The predicted octanol–water partition coefficient (Wildman–Crippen LogP) is 3.97. The molecule has 0 heterocycles. The van der Waals surface area contributed by atoms with Gasteiger partial charge in [-0.25, -0.2) is 0 Å². The highest BCUT2D eigenvalue weighted by Gasteiger charge is 2.16. The van der Waals surface area contributed by atoms with Gasteiger partial charge in [0.05, 0.1) is 19.9 Å². The van der Waals surface area contributed by atoms with Crippen molar-refractivity contribution in [3.63, 3.8) is 0 Å². The molecule has 2 rings (SSSR count). The van der Waals surface area contributed by atoms with Crippen molar-refractivity contribution in [2.75, 3.05) is 26.2 Å². The molecule has 120 valence electrons. The molecule has 0 radical (unpaired) electrons. The predicted molar refractivity (Wildman–Crippen MR) is 94.4 cm³/mol. The average molecular weight is 329 g/mol. The van der Waals surface area contributed by atoms with Gasteiger partial charge in [0.25, 0.3) is 5.91 Å². The Bertz CT molecular complexity index is 686. The Kier molecular flexibility index (Phi) is 6.11. The summed E-state index contributed by atoms with van der Waals surface area (Å²) in [4.78, 5) is 14.9. The normalized spacial score (nSPS) is 10.6. The van der Waals surface area contributed by atoms with E-state index in [1.54, 1.807) is 32.7 Å². The van der Waals surface area contributed by atoms with Crippen LogP contribution in [0.15, 0.2) is 64.9 Å². The minimum atomic E-state index is -0.139. The third-order valence-electron chi connectivity index (χ3n) is 3.23. The molecule has 0 aliphatic carbocycles. The fourth-order valence-electron chi connectivity index (χ4n) is 2.03. The van der Waals surface area contributed by atoms with Crippen LogP contribution in [-0.4, -0.2) is 27.2 Å². The number of methoxy groups -OCH3 is 2. The molecule has 23 heavy (non-hydrogen) atoms. The molecule has 4 nitrogen and oxygen atoms in total. The number of likely N-dealkylation sites (N-methyl/N-ethyl adjacent to an activating group) is 1. The van der Waals surface area contributed by atoms with Gasteiger partial charge in [0.1, 0.15) is 0 Å². The largest absolute Gasteiger partial charge is 0.493 e. The number of carbonyl (C=O) groups excluding carboxylic acids is 1. The zero-order valence-electron chi connectivity index (χ0n) is 13.4. The quantitative estimate of drug-likeness (QED) is 0.594. The Morgan fingerprint density at radius 1 is 1.04 bits per heavy atom. The summed E-state index contributed by atoms with van der Waals surface area (Å²) in [5.74, 6) is 0.988. The molecule has 2 aromatic rings. The van der Waals surface area contributed by atoms with E-state index in [0.29, 0.717) is 17.2 Å². The van der Waals surface area contributed by atoms with Crippen LogP contribution in [0.3, 0.4) is 0 Å². The summed E-state index contributed by atoms with van der Waals surface area (Å²) in [7, 11) is 4.83. The minimum absolute atomic E-state index is 0.139. The van der Waals surface area contributed by atoms with Crippen LogP contribution in [0.5, 0.6) is 11.5 Å². The van der Waals surface area contributed by atoms with Crippen LogP contribution in [0, 0.1) is 0 Å². The highest BCUT2D eigenvalue weighted by atomic mass is 32.2. The zero-order valence-corrected chi connectivity index (χ0v) is 14.2. The maximum absolute atomic E-state index is 12.3. The van der Waals surface area contributed by atoms with Crippen molar-refractivity contribution in [2.24, 2.45) is 0 Å². The first-order valence-corrected chi connectivity index (χ1v) is 7.92. The Morgan fingerprint density at radius 3 is 2.43 bits per heavy atom. The van der Waals surface area contributed by atoms with Gasteiger partial charge in [-0.1, -0.05) is 36.0 Å². The van der Waals surface area contributed by atoms with Crippen molar-refractivity contribution in [3.05, 3.63) is 60.0 Å². The van der Waals surface area contributed by atoms with E-state index in [1.165, 1.54) is 22.7 Å². The highest BCUT2D eigenvalue weighted by Crippen LogP contribution is 2.36. The number of hydrogen-bond donors (Lipinski definition) is 0. The van der Waals surface area contributed by atoms with Gasteiger partial charge < -0.3 is 14.4 Å². The van der Waals surface area contributed by atoms with E-state index in [4.69, 9.17) is 9.47 Å². The van der Waals surface area contributed by atoms with Crippen molar-refractivity contribution < 1.29 is 14.3 Å². The number of ether oxygens (including phenoxy) is 2. The molecule has 0 atom stereocenters. The molecule has 5 heteroatoms. The van der Waals surface area contributed by atoms with Gasteiger partial charge in [-0.05, 0) is 29.7 Å². The van der Waals surface area contributed by atoms with Crippen LogP contribution in [0.2, 0.25) is 0 Å². The lowest BCUT2D eigenvalue weighted by Gasteiger charge is -2.20. The second-order valence-corrected chi connectivity index (χ2v) is 5.62. The second-order valence-electron chi connectivity index (χ2n) is 4.64. The molecule has 0 aromatic heterocycles. The Balaban J connectivity index is 2.11. The van der Waals surface area contributed by atoms with Gasteiger partial charge >= 0.3 is 0 Å². The van der Waals surface area contributed by atoms with Crippen molar-refractivity contribution in [1.82, 2.24) is 0 Å². The Labute approximate surface area is 140 Å². The van der Waals surface area contributed by atoms with E-state index < -0.39 is 0 Å². The van der Waals surface area contributed by atoms with Gasteiger partial charge in [-0.15, -0.1) is 0 Å². The lowest BCUT2D eigenvalue weighted by atomic mass is 10.2. The maximum Gasteiger partial charge on any atom is 0.251 e. The monoisotopic (exact) mass is 329 g/mol. The standard InChI is InChI=1S/C18H19NO3S/c1-19(15-10-7-11-16(21-2)18(15)22-3)17(20)12-13-23-14-8-5-4-6-9-14/h4-13H,1-3H3/b13-12-. The first kappa shape index (κ1) is 17.0. The van der Waals surface area contributed by atoms with Gasteiger partial charge in [0, 0.05) is 18.0 Å². The van der Waals surface area contributed by atoms with Gasteiger partial charge in [-0.3, -0.25) is 4.79 Å². The maximum atomic E-state index is 12.3. The van der Waals surface area contributed by atoms with Crippen LogP contribution >= 0.6 is 11.8 Å². The van der Waals surface area contributed by atoms with E-state index in [-0.39, 0.29) is 5.91 Å². The first-order chi connectivity index (χ1) is 11.2. The topological polar surface area (TPSA) is 38.8 Å². The molecule has 0 saturated carbocycles. The molecule has 0 spiro atoms. The third-order valence-corrected chi connectivity index (χ3v) is 4.05. The number of thioether (sulfide) groups is 1. The number of anilines is 1. The third kappa shape index (κ3) is 4.29. The van der Waals surface area contributed by atoms with Crippen LogP contribution in [0.25, 0.3) is 0 Å². The molecule has 1 amide bonds. The fraction of sp³-hybridized carbons (Fsp3) is 0.167. The molecule has 0 N–H and O–H groups in total. The SMILES string of the molecule is COc1cccc(N(C)C(=O)/C=C\Sc2ccccc2)c1OC. The van der Waals surface area contributed by atoms with E-state index >= 15 is 0 Å². The lowest BCUT2D eigenvalue weighted by molar-refractivity contribution is -0.113. The van der Waals surface area contributed by atoms with E-state index in [9.17, 15) is 4.79 Å². The van der Waals surface area contributed by atoms with Crippen molar-refractivity contribution in [1.29, 1.82) is 0 Å². The minimum Gasteiger partial charge on any atom is -0.493 e. The summed E-state index contributed by atoms with van der Waals surface area (Å²) in [5.41, 5.74) is 0.659. The highest BCUT2D eigenvalue weighted by molar-refractivity contribution is 8.02. The summed E-state index contributed by atoms with van der Waals surface area (Å²) in [5, 5.41) is 1.78. The van der Waals surface area contributed by atoms with Crippen LogP contribution < -0.4 is 14.4 Å². The van der Waals surface area contributed by atoms with Crippen LogP contribution in [0.1, 0.15) is 0 Å². The van der Waals surface area contributed by atoms with Crippen LogP contribution in [0.4, 0.5) is 5.69 Å². The smallest absolute Gasteiger partial charge is 0.251 e. The Hall–Kier alpha value is -2.40. The molecular formula is C18H19NO3S. The van der Waals surface area contributed by atoms with Crippen molar-refractivity contribution in [2.45, 2.75) is 4.90 Å². The fourth-order valence-corrected chi connectivity index (χ4v) is 2.69. The Morgan fingerprint density at radius 2 is 1.78 bits per heavy atom. The van der Waals surface area contributed by atoms with Crippen LogP contribution in [-0.2, 0) is 4.79 Å².